The molecule has 0 aromatic carbocycles. The first-order valence-corrected chi connectivity index (χ1v) is 31.0. The third-order valence-electron chi connectivity index (χ3n) is 15.2. The maximum atomic E-state index is 13.7. The summed E-state index contributed by atoms with van der Waals surface area (Å²) >= 11 is 0. The number of carbonyl (C=O) groups excluding carboxylic acids is 5. The van der Waals surface area contributed by atoms with Gasteiger partial charge < -0.3 is 122 Å². The van der Waals surface area contributed by atoms with Gasteiger partial charge in [-0.3, -0.25) is 22.7 Å². The van der Waals surface area contributed by atoms with Crippen LogP contribution in [0.5, 0.6) is 0 Å². The topological polar surface area (TPSA) is 624 Å². The lowest BCUT2D eigenvalue weighted by molar-refractivity contribution is -0.455. The second kappa shape index (κ2) is 28.0. The minimum absolute atomic E-state index is 0.299. The number of esters is 1. The van der Waals surface area contributed by atoms with E-state index in [1.54, 1.807) is 0 Å². The van der Waals surface area contributed by atoms with E-state index in [1.165, 1.54) is 7.11 Å². The van der Waals surface area contributed by atoms with Crippen molar-refractivity contribution in [2.45, 2.75) is 168 Å². The highest BCUT2D eigenvalue weighted by Crippen LogP contribution is 2.51. The van der Waals surface area contributed by atoms with Gasteiger partial charge in [-0.2, -0.15) is 0 Å². The molecule has 89 heavy (non-hydrogen) atoms. The second-order valence-electron chi connectivity index (χ2n) is 22.2. The van der Waals surface area contributed by atoms with Crippen LogP contribution in [-0.2, 0) is 135 Å². The molecule has 41 nitrogen and oxygen atoms in total. The molecule has 0 spiro atoms. The molecule has 4 saturated heterocycles. The predicted octanol–water partition coefficient (Wildman–Crippen LogP) is -10.6. The van der Waals surface area contributed by atoms with Gasteiger partial charge in [-0.05, 0) is 41.5 Å². The summed E-state index contributed by atoms with van der Waals surface area (Å²) in [5, 5.41) is 88.9. The molecule has 20 atom stereocenters. The number of amides is 2. The van der Waals surface area contributed by atoms with Crippen molar-refractivity contribution in [3.05, 3.63) is 0 Å². The molecule has 4 heterocycles. The van der Waals surface area contributed by atoms with E-state index in [9.17, 15) is 112 Å². The average molecular weight is 1380 g/mol. The largest absolute Gasteiger partial charge is 0.726 e. The molecule has 4 aliphatic rings. The van der Waals surface area contributed by atoms with Crippen LogP contribution >= 0.6 is 0 Å². The molecule has 0 saturated carbocycles. The van der Waals surface area contributed by atoms with Gasteiger partial charge in [0.2, 0.25) is 53.4 Å². The fourth-order valence-electron chi connectivity index (χ4n) is 11.1. The highest BCUT2D eigenvalue weighted by atomic mass is 32.3. The Kier molecular flexibility index (Phi) is 24.5. The van der Waals surface area contributed by atoms with Crippen LogP contribution < -0.4 is 20.8 Å². The summed E-state index contributed by atoms with van der Waals surface area (Å²) in [7, 11) is -22.5. The summed E-state index contributed by atoms with van der Waals surface area (Å²) in [6.45, 7) is -2.32. The third-order valence-corrected chi connectivity index (χ3v) is 16.8. The Morgan fingerprint density at radius 3 is 1.46 bits per heavy atom. The summed E-state index contributed by atoms with van der Waals surface area (Å²) in [6, 6.07) is -3.88. The van der Waals surface area contributed by atoms with Crippen molar-refractivity contribution in [2.75, 3.05) is 67.1 Å². The monoisotopic (exact) mass is 1380 g/mol. The fourth-order valence-corrected chi connectivity index (χ4v) is 13.1. The van der Waals surface area contributed by atoms with Crippen LogP contribution in [0.15, 0.2) is 0 Å². The van der Waals surface area contributed by atoms with Crippen molar-refractivity contribution < 1.29 is 181 Å². The Balaban J connectivity index is 1.93. The highest BCUT2D eigenvalue weighted by Gasteiger charge is 2.73. The summed E-state index contributed by atoms with van der Waals surface area (Å²) in [4.78, 5) is 69.6. The number of ether oxygens (including phenoxy) is 10. The van der Waals surface area contributed by atoms with Crippen molar-refractivity contribution in [3.63, 3.8) is 0 Å². The van der Waals surface area contributed by atoms with E-state index in [1.807, 2.05) is 0 Å². The standard InChI is InChI=1S/C44H74N2O39S4/c1-20(48)45-26-23(32(79-85-89(68,69)70)37(4,15-47)76-25(26)14-71-10)12-73-17-39(6)29(52)31(54)44(84-88(65,66)67,42(9,82-39)36(57)58)78-34-27(46-21(2)49)24(33(80-86(59,60)61)40(7,77-34)18-75-22(3)50)13-74-16-38(5)28(51)30(53)43(19-72-11,83-87(62,63)64)41(8,81-38)35(55)56/h23-34,47,51-54H,12-19H2,1-11H3,(H,45,48)(H,46,49)(H,55,56)(H,57,58)(H,59,60,61)(H,62,63,64)(H,65,66,67)(H,68,69,70)/p-6/t23-,24-,25-,26?,27?,28?,29?,30-,31-,32+,33+,34-,37?,38-,39-,40?,41?,42?,43+,44+/m0/s1. The maximum Gasteiger partial charge on any atom is 0.302 e. The zero-order chi connectivity index (χ0) is 68.5. The smallest absolute Gasteiger partial charge is 0.302 e. The SMILES string of the molecule is COC[C@@H]1OC(C)(CO)[C@H](OOS(=O)(=O)[O-])[C@@H](COC[C@]2(C)OC(C)(C(=O)[O-])[C@](O[C@@H]3OC(C)(COC(C)=O)[C@H](OS(=O)(=O)[O-])[C@@H](COC[C@]4(C)OC(C)(C(=O)[O-])[C@](COC)(OS(=O)(=O)[O-])[C@@H](O)C4O)C3NC(C)=O)(OS(=O)(=O)[O-])[C@@H](O)C2O)C1NC(C)=O. The fraction of sp³-hybridized carbons (Fsp3) is 0.886. The molecule has 518 valence electrons. The molecule has 0 aliphatic carbocycles. The zero-order valence-corrected chi connectivity index (χ0v) is 52.1. The third kappa shape index (κ3) is 17.2. The first-order valence-electron chi connectivity index (χ1n) is 25.6. The zero-order valence-electron chi connectivity index (χ0n) is 48.8. The molecule has 4 aliphatic heterocycles. The van der Waals surface area contributed by atoms with Crippen LogP contribution in [-0.4, -0.2) is 280 Å². The number of nitrogens with one attached hydrogen (secondary N) is 2. The van der Waals surface area contributed by atoms with Crippen LogP contribution in [0.3, 0.4) is 0 Å². The Morgan fingerprint density at radius 1 is 0.551 bits per heavy atom. The van der Waals surface area contributed by atoms with E-state index in [2.05, 4.69) is 19.2 Å². The number of rotatable bonds is 30. The Bertz CT molecular complexity index is 3040. The molecule has 0 aromatic rings. The van der Waals surface area contributed by atoms with Gasteiger partial charge in [-0.25, -0.2) is 42.7 Å². The van der Waals surface area contributed by atoms with Crippen LogP contribution in [0.2, 0.25) is 0 Å². The van der Waals surface area contributed by atoms with Gasteiger partial charge in [0.15, 0.2) is 17.5 Å². The average Bonchev–Trinajstić information content (AvgIpc) is 0.836. The van der Waals surface area contributed by atoms with Crippen molar-refractivity contribution >= 4 is 71.3 Å². The number of aliphatic carboxylic acids is 2. The summed E-state index contributed by atoms with van der Waals surface area (Å²) in [6.07, 6.45) is -20.5. The lowest BCUT2D eigenvalue weighted by Gasteiger charge is -2.61. The van der Waals surface area contributed by atoms with Crippen molar-refractivity contribution in [1.29, 1.82) is 0 Å². The first-order chi connectivity index (χ1) is 40.4. The molecule has 0 aromatic heterocycles. The normalized spacial score (nSPS) is 39.8. The van der Waals surface area contributed by atoms with Crippen LogP contribution in [0.4, 0.5) is 0 Å². The number of aliphatic hydroxyl groups is 5. The van der Waals surface area contributed by atoms with E-state index in [0.29, 0.717) is 20.8 Å². The van der Waals surface area contributed by atoms with Crippen LogP contribution in [0, 0.1) is 11.8 Å². The predicted molar refractivity (Wildman–Crippen MR) is 266 cm³/mol. The molecule has 0 radical (unpaired) electrons. The maximum absolute atomic E-state index is 13.7. The number of methoxy groups -OCH3 is 2. The molecule has 45 heteroatoms. The van der Waals surface area contributed by atoms with E-state index in [0.717, 1.165) is 48.7 Å². The van der Waals surface area contributed by atoms with Gasteiger partial charge in [0.1, 0.15) is 77.3 Å². The van der Waals surface area contributed by atoms with Crippen LogP contribution in [0.1, 0.15) is 62.3 Å². The molecule has 4 rings (SSSR count). The van der Waals surface area contributed by atoms with E-state index in [-0.39, 0.29) is 0 Å². The molecular weight excluding hydrogens is 1310 g/mol. The number of hydrogen-bond donors (Lipinski definition) is 7. The number of carboxylic acid groups (broad SMARTS) is 2. The number of carbonyl (C=O) groups is 5. The van der Waals surface area contributed by atoms with Gasteiger partial charge in [0, 0.05) is 46.8 Å². The number of carboxylic acids is 2. The summed E-state index contributed by atoms with van der Waals surface area (Å²) in [5.74, 6) is -16.7. The van der Waals surface area contributed by atoms with E-state index >= 15 is 0 Å². The molecular formula is C44H68N2O39S4-6. The molecule has 0 bridgehead atoms. The minimum Gasteiger partial charge on any atom is -0.726 e. The van der Waals surface area contributed by atoms with Gasteiger partial charge in [-0.15, -0.1) is 4.33 Å². The van der Waals surface area contributed by atoms with Gasteiger partial charge in [-0.1, -0.05) is 0 Å². The van der Waals surface area contributed by atoms with Crippen molar-refractivity contribution in [2.24, 2.45) is 11.8 Å². The summed E-state index contributed by atoms with van der Waals surface area (Å²) in [5.41, 5.74) is -21.1. The van der Waals surface area contributed by atoms with Gasteiger partial charge in [0.25, 0.3) is 5.79 Å². The Hall–Kier alpha value is -3.77. The Labute approximate surface area is 508 Å². The lowest BCUT2D eigenvalue weighted by atomic mass is 9.71. The van der Waals surface area contributed by atoms with Crippen LogP contribution in [0.25, 0.3) is 0 Å². The highest BCUT2D eigenvalue weighted by molar-refractivity contribution is 7.81. The summed E-state index contributed by atoms with van der Waals surface area (Å²) < 4.78 is 221. The van der Waals surface area contributed by atoms with Gasteiger partial charge >= 0.3 is 5.97 Å². The molecule has 8 unspecified atom stereocenters. The van der Waals surface area contributed by atoms with Crippen molar-refractivity contribution in [1.82, 2.24) is 10.6 Å². The van der Waals surface area contributed by atoms with E-state index in [4.69, 9.17) is 60.6 Å². The quantitative estimate of drug-likeness (QED) is 0.00877. The van der Waals surface area contributed by atoms with Gasteiger partial charge in [0.05, 0.1) is 70.3 Å². The molecule has 2 amide bonds. The minimum atomic E-state index is -6.62. The second-order valence-corrected chi connectivity index (χ2v) is 26.2. The Morgan fingerprint density at radius 2 is 1.03 bits per heavy atom. The number of aliphatic hydroxyl groups excluding tert-OH is 5. The molecule has 4 fully saturated rings. The van der Waals surface area contributed by atoms with Crippen molar-refractivity contribution in [3.8, 4) is 0 Å². The first kappa shape index (κ1) is 77.7. The lowest BCUT2D eigenvalue weighted by Crippen LogP contribution is -2.82. The number of hydrogen-bond acceptors (Lipinski definition) is 39. The van der Waals surface area contributed by atoms with E-state index < -0.39 is 242 Å². The molecule has 7 N–H and O–H groups in total.